The lowest BCUT2D eigenvalue weighted by molar-refractivity contribution is 0.145. The number of anilines is 1. The normalized spacial score (nSPS) is 18.1. The van der Waals surface area contributed by atoms with Crippen LogP contribution < -0.4 is 10.7 Å². The number of rotatable bonds is 3. The molecule has 2 aromatic rings. The molecule has 102 valence electrons. The summed E-state index contributed by atoms with van der Waals surface area (Å²) in [4.78, 5) is 29.4. The van der Waals surface area contributed by atoms with E-state index in [1.54, 1.807) is 18.2 Å². The number of oxazole rings is 1. The number of carbonyl (C=O) groups is 1. The van der Waals surface area contributed by atoms with Gasteiger partial charge in [-0.05, 0) is 17.7 Å². The first kappa shape index (κ1) is 12.1. The molecule has 0 radical (unpaired) electrons. The smallest absolute Gasteiger partial charge is 0.417 e. The number of nitrogens with zero attached hydrogens (tertiary/aromatic N) is 4. The molecule has 0 aliphatic carbocycles. The van der Waals surface area contributed by atoms with Crippen LogP contribution in [-0.4, -0.2) is 30.3 Å². The molecule has 1 aromatic carbocycles. The first-order valence-electron chi connectivity index (χ1n) is 5.79. The zero-order valence-electron chi connectivity index (χ0n) is 10.1. The molecule has 0 spiro atoms. The van der Waals surface area contributed by atoms with E-state index in [4.69, 9.17) is 14.7 Å². The van der Waals surface area contributed by atoms with Gasteiger partial charge in [0.2, 0.25) is 0 Å². The van der Waals surface area contributed by atoms with Gasteiger partial charge in [0.25, 0.3) is 0 Å². The Hall–Kier alpha value is -2.93. The summed E-state index contributed by atoms with van der Waals surface area (Å²) in [5.74, 6) is -0.553. The second-order valence-corrected chi connectivity index (χ2v) is 4.22. The van der Waals surface area contributed by atoms with E-state index in [1.807, 2.05) is 0 Å². The summed E-state index contributed by atoms with van der Waals surface area (Å²) in [5, 5.41) is 3.38. The summed E-state index contributed by atoms with van der Waals surface area (Å²) in [6.07, 6.45) is -1.01. The van der Waals surface area contributed by atoms with Gasteiger partial charge >= 0.3 is 11.8 Å². The molecule has 2 heterocycles. The molecule has 1 unspecified atom stereocenters. The molecular weight excluding hydrogens is 266 g/mol. The van der Waals surface area contributed by atoms with Gasteiger partial charge in [-0.3, -0.25) is 9.88 Å². The predicted octanol–water partition coefficient (Wildman–Crippen LogP) is 1.76. The molecule has 1 N–H and O–H groups in total. The predicted molar refractivity (Wildman–Crippen MR) is 68.5 cm³/mol. The van der Waals surface area contributed by atoms with Gasteiger partial charge in [-0.15, -0.1) is 0 Å². The first-order chi connectivity index (χ1) is 9.67. The Bertz CT molecular complexity index is 772. The van der Waals surface area contributed by atoms with Crippen LogP contribution in [-0.2, 0) is 4.74 Å². The van der Waals surface area contributed by atoms with E-state index in [9.17, 15) is 9.59 Å². The third-order valence-corrected chi connectivity index (χ3v) is 2.94. The number of carbonyl (C=O) groups excluding carboxylic acids is 1. The molecule has 1 aliphatic heterocycles. The van der Waals surface area contributed by atoms with E-state index in [1.165, 1.54) is 4.90 Å². The van der Waals surface area contributed by atoms with Crippen LogP contribution in [0.15, 0.2) is 32.5 Å². The van der Waals surface area contributed by atoms with Crippen LogP contribution in [0.2, 0.25) is 0 Å². The standard InChI is InChI=1S/C11H9N5O4/c12-15-13-4-7-5-16(11(18)19-7)6-1-2-8-9(3-6)20-10(17)14-8/h1-3,7H,4-5H2,(H,14,17). The van der Waals surface area contributed by atoms with Crippen molar-refractivity contribution >= 4 is 22.9 Å². The topological polar surface area (TPSA) is 124 Å². The maximum Gasteiger partial charge on any atom is 0.417 e. The minimum Gasteiger partial charge on any atom is -0.444 e. The SMILES string of the molecule is [N-]=[N+]=NCC1CN(c2ccc3[nH]c(=O)oc3c2)C(=O)O1. The molecule has 1 fully saturated rings. The molecular formula is C11H9N5O4. The highest BCUT2D eigenvalue weighted by molar-refractivity contribution is 5.92. The second kappa shape index (κ2) is 4.63. The van der Waals surface area contributed by atoms with Gasteiger partial charge in [0.1, 0.15) is 6.10 Å². The van der Waals surface area contributed by atoms with Crippen molar-refractivity contribution in [1.29, 1.82) is 0 Å². The molecule has 20 heavy (non-hydrogen) atoms. The largest absolute Gasteiger partial charge is 0.444 e. The van der Waals surface area contributed by atoms with Crippen LogP contribution in [0.1, 0.15) is 0 Å². The van der Waals surface area contributed by atoms with Gasteiger partial charge in [-0.1, -0.05) is 5.11 Å². The quantitative estimate of drug-likeness (QED) is 0.520. The molecule has 0 bridgehead atoms. The van der Waals surface area contributed by atoms with Crippen LogP contribution in [0.25, 0.3) is 21.5 Å². The number of cyclic esters (lactones) is 1. The molecule has 1 saturated heterocycles. The molecule has 9 heteroatoms. The molecule has 9 nitrogen and oxygen atoms in total. The van der Waals surface area contributed by atoms with Crippen molar-refractivity contribution in [2.24, 2.45) is 5.11 Å². The summed E-state index contributed by atoms with van der Waals surface area (Å²) in [6, 6.07) is 4.89. The highest BCUT2D eigenvalue weighted by atomic mass is 16.6. The zero-order valence-corrected chi connectivity index (χ0v) is 10.1. The number of aromatic amines is 1. The average molecular weight is 275 g/mol. The first-order valence-corrected chi connectivity index (χ1v) is 5.79. The average Bonchev–Trinajstić information content (AvgIpc) is 2.97. The highest BCUT2D eigenvalue weighted by Gasteiger charge is 2.32. The number of hydrogen-bond donors (Lipinski definition) is 1. The van der Waals surface area contributed by atoms with Crippen LogP contribution in [0, 0.1) is 0 Å². The second-order valence-electron chi connectivity index (χ2n) is 4.22. The van der Waals surface area contributed by atoms with Crippen molar-refractivity contribution in [3.63, 3.8) is 0 Å². The van der Waals surface area contributed by atoms with Crippen molar-refractivity contribution in [2.45, 2.75) is 6.10 Å². The molecule has 0 saturated carbocycles. The number of aromatic nitrogens is 1. The van der Waals surface area contributed by atoms with E-state index in [0.29, 0.717) is 16.8 Å². The molecule has 1 amide bonds. The van der Waals surface area contributed by atoms with Gasteiger partial charge < -0.3 is 9.15 Å². The monoisotopic (exact) mass is 275 g/mol. The number of fused-ring (bicyclic) bond motifs is 1. The van der Waals surface area contributed by atoms with Crippen LogP contribution in [0.3, 0.4) is 0 Å². The Balaban J connectivity index is 1.88. The fraction of sp³-hybridized carbons (Fsp3) is 0.273. The number of amides is 1. The number of H-pyrrole nitrogens is 1. The summed E-state index contributed by atoms with van der Waals surface area (Å²) in [5.41, 5.74) is 9.72. The van der Waals surface area contributed by atoms with Crippen molar-refractivity contribution in [2.75, 3.05) is 18.0 Å². The fourth-order valence-electron chi connectivity index (χ4n) is 2.06. The minimum absolute atomic E-state index is 0.0836. The molecule has 3 rings (SSSR count). The maximum absolute atomic E-state index is 11.8. The van der Waals surface area contributed by atoms with Gasteiger partial charge in [0, 0.05) is 11.0 Å². The molecule has 1 aliphatic rings. The third kappa shape index (κ3) is 2.06. The summed E-state index contributed by atoms with van der Waals surface area (Å²) < 4.78 is 10.0. The van der Waals surface area contributed by atoms with Crippen LogP contribution in [0.4, 0.5) is 10.5 Å². The lowest BCUT2D eigenvalue weighted by Gasteiger charge is -2.12. The zero-order chi connectivity index (χ0) is 14.1. The lowest BCUT2D eigenvalue weighted by atomic mass is 10.2. The summed E-state index contributed by atoms with van der Waals surface area (Å²) in [7, 11) is 0. The lowest BCUT2D eigenvalue weighted by Crippen LogP contribution is -2.24. The maximum atomic E-state index is 11.8. The van der Waals surface area contributed by atoms with E-state index >= 15 is 0 Å². The van der Waals surface area contributed by atoms with E-state index < -0.39 is 18.0 Å². The van der Waals surface area contributed by atoms with Crippen molar-refractivity contribution in [3.05, 3.63) is 39.2 Å². The van der Waals surface area contributed by atoms with Gasteiger partial charge in [0.15, 0.2) is 5.58 Å². The molecule has 1 atom stereocenters. The summed E-state index contributed by atoms with van der Waals surface area (Å²) >= 11 is 0. The number of hydrogen-bond acceptors (Lipinski definition) is 5. The number of nitrogens with one attached hydrogen (secondary N) is 1. The minimum atomic E-state index is -0.553. The van der Waals surface area contributed by atoms with Crippen molar-refractivity contribution in [3.8, 4) is 0 Å². The Morgan fingerprint density at radius 3 is 3.15 bits per heavy atom. The number of azide groups is 1. The third-order valence-electron chi connectivity index (χ3n) is 2.94. The van der Waals surface area contributed by atoms with Crippen LogP contribution in [0.5, 0.6) is 0 Å². The summed E-state index contributed by atoms with van der Waals surface area (Å²) in [6.45, 7) is 0.359. The van der Waals surface area contributed by atoms with E-state index in [0.717, 1.165) is 0 Å². The molecule has 1 aromatic heterocycles. The Morgan fingerprint density at radius 2 is 2.35 bits per heavy atom. The van der Waals surface area contributed by atoms with Gasteiger partial charge in [-0.2, -0.15) is 0 Å². The Labute approximate surface area is 111 Å². The van der Waals surface area contributed by atoms with Crippen molar-refractivity contribution < 1.29 is 13.9 Å². The van der Waals surface area contributed by atoms with E-state index in [-0.39, 0.29) is 13.1 Å². The van der Waals surface area contributed by atoms with E-state index in [2.05, 4.69) is 15.0 Å². The Kier molecular flexibility index (Phi) is 2.81. The highest BCUT2D eigenvalue weighted by Crippen LogP contribution is 2.25. The van der Waals surface area contributed by atoms with Gasteiger partial charge in [0.05, 0.1) is 24.3 Å². The number of ether oxygens (including phenoxy) is 1. The van der Waals surface area contributed by atoms with Crippen molar-refractivity contribution in [1.82, 2.24) is 4.98 Å². The van der Waals surface area contributed by atoms with Gasteiger partial charge in [-0.25, -0.2) is 9.59 Å². The fourth-order valence-corrected chi connectivity index (χ4v) is 2.06. The Morgan fingerprint density at radius 1 is 1.50 bits per heavy atom. The number of benzene rings is 1. The van der Waals surface area contributed by atoms with Crippen LogP contribution >= 0.6 is 0 Å².